The number of hydrogen-bond acceptors (Lipinski definition) is 2. The summed E-state index contributed by atoms with van der Waals surface area (Å²) in [5.41, 5.74) is 6.36. The van der Waals surface area contributed by atoms with E-state index in [-0.39, 0.29) is 16.9 Å². The Bertz CT molecular complexity index is 586. The van der Waals surface area contributed by atoms with E-state index in [4.69, 9.17) is 17.3 Å². The van der Waals surface area contributed by atoms with E-state index < -0.39 is 6.04 Å². The number of nitrogens with two attached hydrogens (primary N) is 1. The minimum Gasteiger partial charge on any atom is -0.364 e. The van der Waals surface area contributed by atoms with Crippen LogP contribution >= 0.6 is 27.5 Å². The second kappa shape index (κ2) is 5.72. The molecule has 1 aliphatic rings. The summed E-state index contributed by atoms with van der Waals surface area (Å²) < 4.78 is 1.10. The van der Waals surface area contributed by atoms with Gasteiger partial charge in [0.25, 0.3) is 5.91 Å². The highest BCUT2D eigenvalue weighted by atomic mass is 79.9. The van der Waals surface area contributed by atoms with Crippen LogP contribution in [-0.2, 0) is 4.79 Å². The Morgan fingerprint density at radius 2 is 2.35 bits per heavy atom. The molecule has 20 heavy (non-hydrogen) atoms. The van der Waals surface area contributed by atoms with Crippen molar-refractivity contribution in [2.75, 3.05) is 13.1 Å². The molecule has 3 atom stereocenters. The molecule has 1 fully saturated rings. The number of halogens is 2. The molecule has 0 aliphatic carbocycles. The fraction of sp³-hybridized carbons (Fsp3) is 0.429. The van der Waals surface area contributed by atoms with E-state index in [0.717, 1.165) is 10.2 Å². The highest BCUT2D eigenvalue weighted by Gasteiger charge is 2.51. The lowest BCUT2D eigenvalue weighted by molar-refractivity contribution is -0.121. The van der Waals surface area contributed by atoms with Crippen molar-refractivity contribution < 1.29 is 4.79 Å². The van der Waals surface area contributed by atoms with Crippen molar-refractivity contribution in [2.45, 2.75) is 19.4 Å². The maximum atomic E-state index is 11.8. The highest BCUT2D eigenvalue weighted by Crippen LogP contribution is 2.42. The maximum absolute atomic E-state index is 11.8. The first-order valence-electron chi connectivity index (χ1n) is 6.39. The van der Waals surface area contributed by atoms with Crippen molar-refractivity contribution in [2.24, 2.45) is 11.7 Å². The van der Waals surface area contributed by atoms with Gasteiger partial charge in [-0.25, -0.2) is 0 Å². The Morgan fingerprint density at radius 1 is 1.65 bits per heavy atom. The van der Waals surface area contributed by atoms with Gasteiger partial charge < -0.3 is 5.73 Å². The van der Waals surface area contributed by atoms with Crippen LogP contribution in [0, 0.1) is 17.2 Å². The van der Waals surface area contributed by atoms with Crippen LogP contribution < -0.4 is 10.2 Å². The number of primary amides is 1. The SMILES string of the molecule is C[C@H]1C[C@@H](C(N)=O)[N+](CC#N)(c2cc(Br)ccc2Cl)C1. The standard InChI is InChI=1S/C14H15BrClN3O/c1-9-6-13(14(18)20)19(8-9,5-4-17)12-7-10(15)2-3-11(12)16/h2-3,7,9,13H,5-6,8H2,1H3,(H-,18,20)/p+1/t9-,13-,19?/m0/s1. The molecule has 0 saturated carbocycles. The van der Waals surface area contributed by atoms with E-state index in [0.29, 0.717) is 23.9 Å². The first kappa shape index (κ1) is 15.3. The van der Waals surface area contributed by atoms with Crippen LogP contribution in [-0.4, -0.2) is 25.0 Å². The van der Waals surface area contributed by atoms with Gasteiger partial charge in [-0.05, 0) is 12.1 Å². The van der Waals surface area contributed by atoms with Crippen LogP contribution in [0.2, 0.25) is 5.02 Å². The molecule has 1 heterocycles. The Kier molecular flexibility index (Phi) is 4.38. The molecule has 4 nitrogen and oxygen atoms in total. The number of nitriles is 1. The smallest absolute Gasteiger partial charge is 0.276 e. The van der Waals surface area contributed by atoms with Gasteiger partial charge in [0.2, 0.25) is 0 Å². The lowest BCUT2D eigenvalue weighted by atomic mass is 10.1. The summed E-state index contributed by atoms with van der Waals surface area (Å²) in [5.74, 6) is -0.0588. The van der Waals surface area contributed by atoms with Crippen molar-refractivity contribution >= 4 is 39.1 Å². The molecule has 0 spiro atoms. The zero-order valence-corrected chi connectivity index (χ0v) is 13.5. The van der Waals surface area contributed by atoms with Crippen molar-refractivity contribution in [3.05, 3.63) is 27.7 Å². The molecule has 0 bridgehead atoms. The zero-order chi connectivity index (χ0) is 14.9. The lowest BCUT2D eigenvalue weighted by Crippen LogP contribution is -2.58. The quantitative estimate of drug-likeness (QED) is 0.667. The summed E-state index contributed by atoms with van der Waals surface area (Å²) in [6.45, 7) is 2.95. The number of benzene rings is 1. The number of carbonyl (C=O) groups is 1. The average molecular weight is 358 g/mol. The van der Waals surface area contributed by atoms with E-state index in [9.17, 15) is 10.1 Å². The average Bonchev–Trinajstić information content (AvgIpc) is 2.71. The summed E-state index contributed by atoms with van der Waals surface area (Å²) in [6.07, 6.45) is 0.680. The molecular formula is C14H16BrClN3O+. The van der Waals surface area contributed by atoms with Crippen molar-refractivity contribution in [3.63, 3.8) is 0 Å². The number of carbonyl (C=O) groups excluding carboxylic acids is 1. The molecule has 2 rings (SSSR count). The minimum atomic E-state index is -0.406. The van der Waals surface area contributed by atoms with Crippen LogP contribution in [0.3, 0.4) is 0 Å². The number of nitrogens with zero attached hydrogens (tertiary/aromatic N) is 2. The van der Waals surface area contributed by atoms with Gasteiger partial charge in [0, 0.05) is 22.9 Å². The van der Waals surface area contributed by atoms with Crippen LogP contribution in [0.15, 0.2) is 22.7 Å². The first-order valence-corrected chi connectivity index (χ1v) is 7.56. The predicted molar refractivity (Wildman–Crippen MR) is 83.1 cm³/mol. The third-order valence-corrected chi connectivity index (χ3v) is 4.74. The van der Waals surface area contributed by atoms with Crippen molar-refractivity contribution in [3.8, 4) is 6.07 Å². The molecular weight excluding hydrogens is 342 g/mol. The summed E-state index contributed by atoms with van der Waals surface area (Å²) in [4.78, 5) is 11.8. The van der Waals surface area contributed by atoms with Crippen LogP contribution in [0.1, 0.15) is 13.3 Å². The molecule has 1 unspecified atom stereocenters. The van der Waals surface area contributed by atoms with Crippen molar-refractivity contribution in [1.29, 1.82) is 5.26 Å². The Balaban J connectivity index is 2.62. The number of hydrogen-bond donors (Lipinski definition) is 1. The minimum absolute atomic E-state index is 0.189. The fourth-order valence-corrected chi connectivity index (χ4v) is 3.81. The first-order chi connectivity index (χ1) is 9.40. The van der Waals surface area contributed by atoms with Gasteiger partial charge in [0.15, 0.2) is 18.3 Å². The zero-order valence-electron chi connectivity index (χ0n) is 11.1. The molecule has 1 saturated heterocycles. The van der Waals surface area contributed by atoms with Gasteiger partial charge in [-0.2, -0.15) is 5.26 Å². The molecule has 1 aromatic carbocycles. The number of likely N-dealkylation sites (tertiary alicyclic amines) is 1. The monoisotopic (exact) mass is 356 g/mol. The number of quaternary nitrogens is 1. The summed E-state index contributed by atoms with van der Waals surface area (Å²) >= 11 is 9.74. The van der Waals surface area contributed by atoms with Crippen LogP contribution in [0.5, 0.6) is 0 Å². The van der Waals surface area contributed by atoms with Crippen LogP contribution in [0.4, 0.5) is 5.69 Å². The van der Waals surface area contributed by atoms with Gasteiger partial charge in [-0.1, -0.05) is 34.5 Å². The topological polar surface area (TPSA) is 66.9 Å². The van der Waals surface area contributed by atoms with Gasteiger partial charge in [-0.15, -0.1) is 0 Å². The van der Waals surface area contributed by atoms with E-state index in [1.165, 1.54) is 0 Å². The van der Waals surface area contributed by atoms with Gasteiger partial charge in [0.1, 0.15) is 11.1 Å². The maximum Gasteiger partial charge on any atom is 0.276 e. The lowest BCUT2D eigenvalue weighted by Gasteiger charge is -2.36. The summed E-state index contributed by atoms with van der Waals surface area (Å²) in [5, 5.41) is 9.79. The second-order valence-electron chi connectivity index (χ2n) is 5.39. The van der Waals surface area contributed by atoms with Crippen LogP contribution in [0.25, 0.3) is 0 Å². The molecule has 1 aliphatic heterocycles. The Morgan fingerprint density at radius 3 is 2.95 bits per heavy atom. The number of amides is 1. The molecule has 2 N–H and O–H groups in total. The van der Waals surface area contributed by atoms with Gasteiger partial charge in [0.05, 0.1) is 6.54 Å². The van der Waals surface area contributed by atoms with E-state index in [1.54, 1.807) is 6.07 Å². The number of rotatable bonds is 3. The summed E-state index contributed by atoms with van der Waals surface area (Å²) in [7, 11) is 0. The third kappa shape index (κ3) is 2.56. The molecule has 1 amide bonds. The molecule has 6 heteroatoms. The normalized spacial score (nSPS) is 29.1. The summed E-state index contributed by atoms with van der Waals surface area (Å²) in [6, 6.07) is 7.29. The molecule has 106 valence electrons. The predicted octanol–water partition coefficient (Wildman–Crippen LogP) is 2.83. The van der Waals surface area contributed by atoms with Gasteiger partial charge in [-0.3, -0.25) is 9.28 Å². The molecule has 1 aromatic rings. The van der Waals surface area contributed by atoms with Gasteiger partial charge >= 0.3 is 0 Å². The second-order valence-corrected chi connectivity index (χ2v) is 6.71. The largest absolute Gasteiger partial charge is 0.364 e. The Hall–Kier alpha value is -1.09. The molecule has 0 radical (unpaired) electrons. The highest BCUT2D eigenvalue weighted by molar-refractivity contribution is 9.10. The third-order valence-electron chi connectivity index (χ3n) is 3.93. The molecule has 0 aromatic heterocycles. The van der Waals surface area contributed by atoms with E-state index in [2.05, 4.69) is 28.9 Å². The fourth-order valence-electron chi connectivity index (χ4n) is 3.18. The Labute approximate surface area is 131 Å². The van der Waals surface area contributed by atoms with E-state index >= 15 is 0 Å². The van der Waals surface area contributed by atoms with E-state index in [1.807, 2.05) is 12.1 Å². The van der Waals surface area contributed by atoms with Crippen molar-refractivity contribution in [1.82, 2.24) is 4.48 Å².